The van der Waals surface area contributed by atoms with Gasteiger partial charge in [0, 0.05) is 6.54 Å². The molecule has 2 aromatic carbocycles. The quantitative estimate of drug-likeness (QED) is 0.239. The van der Waals surface area contributed by atoms with Gasteiger partial charge in [0.1, 0.15) is 23.6 Å². The first kappa shape index (κ1) is 29.8. The first-order valence-corrected chi connectivity index (χ1v) is 15.1. The smallest absolute Gasteiger partial charge is 0.206 e. The van der Waals surface area contributed by atoms with Gasteiger partial charge < -0.3 is 35.0 Å². The molecular formula is C32H46N4O5. The third-order valence-electron chi connectivity index (χ3n) is 8.60. The molecule has 0 spiro atoms. The first-order valence-electron chi connectivity index (χ1n) is 15.1. The lowest BCUT2D eigenvalue weighted by atomic mass is 9.83. The molecule has 4 N–H and O–H groups in total. The highest BCUT2D eigenvalue weighted by molar-refractivity contribution is 5.79. The Morgan fingerprint density at radius 2 is 1.90 bits per heavy atom. The monoisotopic (exact) mass is 566 g/mol. The topological polar surface area (TPSA) is 112 Å². The number of hydrogen-bond donors (Lipinski definition) is 4. The summed E-state index contributed by atoms with van der Waals surface area (Å²) in [5, 5.41) is 35.1. The summed E-state index contributed by atoms with van der Waals surface area (Å²) in [6.07, 6.45) is 5.31. The normalized spacial score (nSPS) is 25.3. The molecule has 9 nitrogen and oxygen atoms in total. The number of ether oxygens (including phenoxy) is 2. The number of benzene rings is 2. The lowest BCUT2D eigenvalue weighted by Crippen LogP contribution is -2.44. The fourth-order valence-corrected chi connectivity index (χ4v) is 6.23. The van der Waals surface area contributed by atoms with Crippen molar-refractivity contribution in [2.45, 2.75) is 88.4 Å². The van der Waals surface area contributed by atoms with Crippen molar-refractivity contribution < 1.29 is 24.8 Å². The number of para-hydroxylation sites is 2. The molecule has 0 amide bonds. The minimum absolute atomic E-state index is 0.394. The van der Waals surface area contributed by atoms with Crippen LogP contribution in [0.5, 0.6) is 5.75 Å². The molecule has 2 heterocycles. The standard InChI is InChI=1S/C32H46N4O5/c1-32(39)29(38)28(21-37)41-30(32)36-26-14-8-7-13-25(26)34-31(36)33-20-22-15-16-24(23-11-5-4-6-12-23)27(19-22)40-18-10-9-17-35(2)3/h7-8,13-16,19,23,28-30,37-39H,4-6,9-12,17-18,20-21H2,1-3H3,(H,33,34). The minimum Gasteiger partial charge on any atom is -0.493 e. The summed E-state index contributed by atoms with van der Waals surface area (Å²) in [7, 11) is 4.19. The molecule has 9 heteroatoms. The van der Waals surface area contributed by atoms with Crippen molar-refractivity contribution in [3.05, 3.63) is 53.6 Å². The van der Waals surface area contributed by atoms with E-state index in [0.717, 1.165) is 41.7 Å². The van der Waals surface area contributed by atoms with E-state index in [1.165, 1.54) is 44.6 Å². The molecule has 4 atom stereocenters. The molecule has 41 heavy (non-hydrogen) atoms. The van der Waals surface area contributed by atoms with Crippen LogP contribution < -0.4 is 10.1 Å². The fourth-order valence-electron chi connectivity index (χ4n) is 6.23. The zero-order valence-electron chi connectivity index (χ0n) is 24.6. The van der Waals surface area contributed by atoms with E-state index in [2.05, 4.69) is 42.5 Å². The number of hydrogen-bond acceptors (Lipinski definition) is 8. The minimum atomic E-state index is -1.62. The Morgan fingerprint density at radius 3 is 2.63 bits per heavy atom. The molecule has 0 bridgehead atoms. The third kappa shape index (κ3) is 6.54. The molecule has 2 fully saturated rings. The van der Waals surface area contributed by atoms with E-state index in [9.17, 15) is 15.3 Å². The highest BCUT2D eigenvalue weighted by Gasteiger charge is 2.53. The Balaban J connectivity index is 1.38. The van der Waals surface area contributed by atoms with Crippen molar-refractivity contribution in [3.8, 4) is 5.75 Å². The van der Waals surface area contributed by atoms with E-state index in [1.54, 1.807) is 4.57 Å². The summed E-state index contributed by atoms with van der Waals surface area (Å²) >= 11 is 0. The average molecular weight is 567 g/mol. The molecule has 224 valence electrons. The number of aliphatic hydroxyl groups excluding tert-OH is 2. The van der Waals surface area contributed by atoms with Gasteiger partial charge in [-0.15, -0.1) is 0 Å². The van der Waals surface area contributed by atoms with Crippen molar-refractivity contribution in [2.24, 2.45) is 0 Å². The Labute approximate surface area is 243 Å². The lowest BCUT2D eigenvalue weighted by Gasteiger charge is -2.29. The number of anilines is 1. The molecule has 1 saturated heterocycles. The van der Waals surface area contributed by atoms with Gasteiger partial charge in [0.25, 0.3) is 0 Å². The van der Waals surface area contributed by atoms with Crippen LogP contribution in [0.3, 0.4) is 0 Å². The Morgan fingerprint density at radius 1 is 1.12 bits per heavy atom. The van der Waals surface area contributed by atoms with Crippen LogP contribution in [0.15, 0.2) is 42.5 Å². The number of nitrogens with zero attached hydrogens (tertiary/aromatic N) is 3. The predicted molar refractivity (Wildman–Crippen MR) is 160 cm³/mol. The summed E-state index contributed by atoms with van der Waals surface area (Å²) < 4.78 is 14.2. The average Bonchev–Trinajstić information content (AvgIpc) is 3.44. The highest BCUT2D eigenvalue weighted by atomic mass is 16.6. The van der Waals surface area contributed by atoms with Crippen molar-refractivity contribution in [1.29, 1.82) is 0 Å². The predicted octanol–water partition coefficient (Wildman–Crippen LogP) is 4.42. The fraction of sp³-hybridized carbons (Fsp3) is 0.594. The molecule has 1 aromatic heterocycles. The molecule has 1 saturated carbocycles. The van der Waals surface area contributed by atoms with E-state index >= 15 is 0 Å². The Bertz CT molecular complexity index is 1290. The van der Waals surface area contributed by atoms with Gasteiger partial charge in [-0.1, -0.05) is 43.5 Å². The molecule has 4 unspecified atom stereocenters. The van der Waals surface area contributed by atoms with Gasteiger partial charge in [0.05, 0.1) is 24.2 Å². The van der Waals surface area contributed by atoms with Gasteiger partial charge in [0.15, 0.2) is 6.23 Å². The van der Waals surface area contributed by atoms with E-state index in [4.69, 9.17) is 14.5 Å². The molecule has 5 rings (SSSR count). The first-order chi connectivity index (χ1) is 19.8. The number of nitrogens with one attached hydrogen (secondary N) is 1. The van der Waals surface area contributed by atoms with E-state index in [-0.39, 0.29) is 0 Å². The SMILES string of the molecule is CN(C)CCCCOc1cc(CNc2nc3ccccc3n2C2OC(CO)C(O)C2(C)O)ccc1C1CCCCC1. The Kier molecular flexibility index (Phi) is 9.51. The molecule has 0 radical (unpaired) electrons. The number of imidazole rings is 1. The van der Waals surface area contributed by atoms with Crippen LogP contribution in [-0.4, -0.2) is 81.4 Å². The van der Waals surface area contributed by atoms with Crippen LogP contribution in [0.4, 0.5) is 5.95 Å². The van der Waals surface area contributed by atoms with Gasteiger partial charge in [-0.3, -0.25) is 4.57 Å². The van der Waals surface area contributed by atoms with Gasteiger partial charge in [-0.2, -0.15) is 0 Å². The summed E-state index contributed by atoms with van der Waals surface area (Å²) in [5.74, 6) is 2.04. The number of rotatable bonds is 12. The highest BCUT2D eigenvalue weighted by Crippen LogP contribution is 2.42. The van der Waals surface area contributed by atoms with E-state index < -0.39 is 30.6 Å². The summed E-state index contributed by atoms with van der Waals surface area (Å²) in [4.78, 5) is 6.99. The van der Waals surface area contributed by atoms with Crippen molar-refractivity contribution >= 4 is 17.0 Å². The number of fused-ring (bicyclic) bond motifs is 1. The zero-order valence-corrected chi connectivity index (χ0v) is 24.6. The second-order valence-electron chi connectivity index (χ2n) is 12.1. The molecule has 1 aliphatic heterocycles. The van der Waals surface area contributed by atoms with Gasteiger partial charge in [-0.05, 0) is 88.5 Å². The van der Waals surface area contributed by atoms with Crippen LogP contribution in [0.2, 0.25) is 0 Å². The molecule has 3 aromatic rings. The summed E-state index contributed by atoms with van der Waals surface area (Å²) in [6, 6.07) is 14.2. The zero-order chi connectivity index (χ0) is 29.0. The molecule has 2 aliphatic rings. The largest absolute Gasteiger partial charge is 0.493 e. The van der Waals surface area contributed by atoms with Crippen LogP contribution in [0, 0.1) is 0 Å². The maximum Gasteiger partial charge on any atom is 0.206 e. The van der Waals surface area contributed by atoms with E-state index in [1.807, 2.05) is 24.3 Å². The van der Waals surface area contributed by atoms with Crippen molar-refractivity contribution in [3.63, 3.8) is 0 Å². The van der Waals surface area contributed by atoms with E-state index in [0.29, 0.717) is 25.0 Å². The second kappa shape index (κ2) is 13.1. The third-order valence-corrected chi connectivity index (χ3v) is 8.60. The van der Waals surface area contributed by atoms with Gasteiger partial charge >= 0.3 is 0 Å². The van der Waals surface area contributed by atoms with Crippen molar-refractivity contribution in [2.75, 3.05) is 39.2 Å². The van der Waals surface area contributed by atoms with Gasteiger partial charge in [-0.25, -0.2) is 4.98 Å². The van der Waals surface area contributed by atoms with Crippen LogP contribution >= 0.6 is 0 Å². The second-order valence-corrected chi connectivity index (χ2v) is 12.1. The Hall–Kier alpha value is -2.69. The van der Waals surface area contributed by atoms with Crippen molar-refractivity contribution in [1.82, 2.24) is 14.5 Å². The lowest BCUT2D eigenvalue weighted by molar-refractivity contribution is -0.0939. The number of unbranched alkanes of at least 4 members (excludes halogenated alkanes) is 1. The number of aliphatic hydroxyl groups is 3. The maximum atomic E-state index is 11.2. The maximum absolute atomic E-state index is 11.2. The summed E-state index contributed by atoms with van der Waals surface area (Å²) in [6.45, 7) is 3.38. The van der Waals surface area contributed by atoms with Crippen LogP contribution in [0.25, 0.3) is 11.0 Å². The van der Waals surface area contributed by atoms with Crippen LogP contribution in [-0.2, 0) is 11.3 Å². The van der Waals surface area contributed by atoms with Gasteiger partial charge in [0.2, 0.25) is 5.95 Å². The molecule has 1 aliphatic carbocycles. The summed E-state index contributed by atoms with van der Waals surface area (Å²) in [5.41, 5.74) is 2.26. The molecular weight excluding hydrogens is 520 g/mol. The van der Waals surface area contributed by atoms with Crippen LogP contribution in [0.1, 0.15) is 75.1 Å². The number of aromatic nitrogens is 2.